The van der Waals surface area contributed by atoms with Crippen molar-refractivity contribution < 1.29 is 4.74 Å². The van der Waals surface area contributed by atoms with Crippen LogP contribution in [0.4, 0.5) is 5.69 Å². The number of benzene rings is 1. The lowest BCUT2D eigenvalue weighted by Crippen LogP contribution is -1.89. The van der Waals surface area contributed by atoms with Gasteiger partial charge in [0.25, 0.3) is 0 Å². The maximum Gasteiger partial charge on any atom is 0.147 e. The summed E-state index contributed by atoms with van der Waals surface area (Å²) in [6.07, 6.45) is 3.13. The normalized spacial score (nSPS) is 9.44. The molecule has 0 saturated carbocycles. The molecule has 1 heterocycles. The van der Waals surface area contributed by atoms with Crippen molar-refractivity contribution in [1.82, 2.24) is 4.98 Å². The maximum atomic E-state index is 8.64. The Labute approximate surface area is 92.9 Å². The fraction of sp³-hybridized carbons (Fsp3) is 0. The van der Waals surface area contributed by atoms with Gasteiger partial charge in [0, 0.05) is 6.07 Å². The van der Waals surface area contributed by atoms with Gasteiger partial charge in [0.15, 0.2) is 0 Å². The highest BCUT2D eigenvalue weighted by molar-refractivity contribution is 5.42. The minimum Gasteiger partial charge on any atom is -0.456 e. The molecule has 0 saturated heterocycles. The molecule has 4 nitrogen and oxygen atoms in total. The van der Waals surface area contributed by atoms with Gasteiger partial charge in [-0.05, 0) is 24.3 Å². The van der Waals surface area contributed by atoms with Crippen LogP contribution in [-0.4, -0.2) is 4.98 Å². The summed E-state index contributed by atoms with van der Waals surface area (Å²) in [5.41, 5.74) is 6.72. The van der Waals surface area contributed by atoms with E-state index in [0.29, 0.717) is 22.7 Å². The molecule has 2 aromatic rings. The number of hydrogen-bond donors (Lipinski definition) is 1. The standard InChI is InChI=1S/C12H9N3O/c13-6-9-1-3-11(4-2-9)16-12-5-10(14)7-15-8-12/h1-5,7-8H,14H2. The summed E-state index contributed by atoms with van der Waals surface area (Å²) in [7, 11) is 0. The monoisotopic (exact) mass is 211 g/mol. The van der Waals surface area contributed by atoms with Crippen molar-refractivity contribution >= 4 is 5.69 Å². The Hall–Kier alpha value is -2.54. The van der Waals surface area contributed by atoms with Crippen molar-refractivity contribution in [1.29, 1.82) is 5.26 Å². The number of aromatic nitrogens is 1. The highest BCUT2D eigenvalue weighted by atomic mass is 16.5. The second-order valence-electron chi connectivity index (χ2n) is 3.19. The van der Waals surface area contributed by atoms with Gasteiger partial charge < -0.3 is 10.5 Å². The summed E-state index contributed by atoms with van der Waals surface area (Å²) in [6, 6.07) is 10.6. The molecular weight excluding hydrogens is 202 g/mol. The van der Waals surface area contributed by atoms with Gasteiger partial charge in [0.05, 0.1) is 29.7 Å². The molecule has 78 valence electrons. The van der Waals surface area contributed by atoms with Crippen LogP contribution in [0.3, 0.4) is 0 Å². The molecule has 1 aromatic heterocycles. The molecule has 0 aliphatic rings. The summed E-state index contributed by atoms with van der Waals surface area (Å²) in [5.74, 6) is 1.22. The first-order valence-electron chi connectivity index (χ1n) is 4.66. The molecule has 0 bridgehead atoms. The van der Waals surface area contributed by atoms with Gasteiger partial charge in [0.1, 0.15) is 11.5 Å². The van der Waals surface area contributed by atoms with Gasteiger partial charge in [-0.2, -0.15) is 5.26 Å². The zero-order valence-electron chi connectivity index (χ0n) is 8.42. The summed E-state index contributed by atoms with van der Waals surface area (Å²) >= 11 is 0. The Morgan fingerprint density at radius 1 is 1.12 bits per heavy atom. The zero-order chi connectivity index (χ0) is 11.4. The molecule has 0 aliphatic heterocycles. The summed E-state index contributed by atoms with van der Waals surface area (Å²) in [4.78, 5) is 3.91. The number of nitrogens with two attached hydrogens (primary N) is 1. The van der Waals surface area contributed by atoms with Crippen LogP contribution in [0.25, 0.3) is 0 Å². The highest BCUT2D eigenvalue weighted by Crippen LogP contribution is 2.21. The number of pyridine rings is 1. The lowest BCUT2D eigenvalue weighted by Gasteiger charge is -2.05. The van der Waals surface area contributed by atoms with E-state index in [1.165, 1.54) is 0 Å². The van der Waals surface area contributed by atoms with Gasteiger partial charge in [-0.15, -0.1) is 0 Å². The smallest absolute Gasteiger partial charge is 0.147 e. The topological polar surface area (TPSA) is 71.9 Å². The van der Waals surface area contributed by atoms with Crippen LogP contribution in [0, 0.1) is 11.3 Å². The van der Waals surface area contributed by atoms with Crippen LogP contribution in [0.15, 0.2) is 42.7 Å². The van der Waals surface area contributed by atoms with Gasteiger partial charge in [-0.1, -0.05) is 0 Å². The molecule has 0 radical (unpaired) electrons. The van der Waals surface area contributed by atoms with Gasteiger partial charge in [0.2, 0.25) is 0 Å². The van der Waals surface area contributed by atoms with E-state index in [1.807, 2.05) is 6.07 Å². The number of nitriles is 1. The molecule has 1 aromatic carbocycles. The number of hydrogen-bond acceptors (Lipinski definition) is 4. The number of anilines is 1. The van der Waals surface area contributed by atoms with Crippen molar-refractivity contribution in [2.75, 3.05) is 5.73 Å². The molecule has 0 amide bonds. The molecule has 0 aliphatic carbocycles. The summed E-state index contributed by atoms with van der Waals surface area (Å²) < 4.78 is 5.51. The van der Waals surface area contributed by atoms with Crippen LogP contribution >= 0.6 is 0 Å². The van der Waals surface area contributed by atoms with E-state index in [1.54, 1.807) is 42.7 Å². The molecule has 0 fully saturated rings. The van der Waals surface area contributed by atoms with Crippen molar-refractivity contribution in [3.8, 4) is 17.6 Å². The first kappa shape index (κ1) is 9.99. The van der Waals surface area contributed by atoms with Gasteiger partial charge >= 0.3 is 0 Å². The fourth-order valence-corrected chi connectivity index (χ4v) is 1.23. The predicted molar refractivity (Wildman–Crippen MR) is 59.9 cm³/mol. The molecule has 4 heteroatoms. The van der Waals surface area contributed by atoms with Gasteiger partial charge in [-0.25, -0.2) is 0 Å². The second kappa shape index (κ2) is 4.32. The van der Waals surface area contributed by atoms with E-state index >= 15 is 0 Å². The zero-order valence-corrected chi connectivity index (χ0v) is 8.42. The predicted octanol–water partition coefficient (Wildman–Crippen LogP) is 2.33. The van der Waals surface area contributed by atoms with Crippen molar-refractivity contribution in [2.45, 2.75) is 0 Å². The number of nitrogens with zero attached hydrogens (tertiary/aromatic N) is 2. The van der Waals surface area contributed by atoms with E-state index in [0.717, 1.165) is 0 Å². The quantitative estimate of drug-likeness (QED) is 0.827. The van der Waals surface area contributed by atoms with Crippen molar-refractivity contribution in [3.63, 3.8) is 0 Å². The van der Waals surface area contributed by atoms with Crippen LogP contribution in [0.1, 0.15) is 5.56 Å². The molecule has 0 unspecified atom stereocenters. The van der Waals surface area contributed by atoms with E-state index < -0.39 is 0 Å². The van der Waals surface area contributed by atoms with Gasteiger partial charge in [-0.3, -0.25) is 4.98 Å². The average Bonchev–Trinajstić information content (AvgIpc) is 2.30. The third kappa shape index (κ3) is 2.28. The summed E-state index contributed by atoms with van der Waals surface area (Å²) in [5, 5.41) is 8.64. The van der Waals surface area contributed by atoms with Crippen molar-refractivity contribution in [3.05, 3.63) is 48.3 Å². The third-order valence-electron chi connectivity index (χ3n) is 1.95. The van der Waals surface area contributed by atoms with Crippen LogP contribution in [-0.2, 0) is 0 Å². The lowest BCUT2D eigenvalue weighted by atomic mass is 10.2. The largest absolute Gasteiger partial charge is 0.456 e. The number of nitrogen functional groups attached to an aromatic ring is 1. The van der Waals surface area contributed by atoms with Crippen LogP contribution in [0.2, 0.25) is 0 Å². The fourth-order valence-electron chi connectivity index (χ4n) is 1.23. The second-order valence-corrected chi connectivity index (χ2v) is 3.19. The molecule has 0 atom stereocenters. The Kier molecular flexibility index (Phi) is 2.70. The first-order valence-corrected chi connectivity index (χ1v) is 4.66. The molecular formula is C12H9N3O. The van der Waals surface area contributed by atoms with E-state index in [2.05, 4.69) is 4.98 Å². The number of ether oxygens (including phenoxy) is 1. The van der Waals surface area contributed by atoms with Crippen LogP contribution < -0.4 is 10.5 Å². The minimum absolute atomic E-state index is 0.547. The van der Waals surface area contributed by atoms with Crippen LogP contribution in [0.5, 0.6) is 11.5 Å². The van der Waals surface area contributed by atoms with Crippen molar-refractivity contribution in [2.24, 2.45) is 0 Å². The third-order valence-corrected chi connectivity index (χ3v) is 1.95. The Morgan fingerprint density at radius 2 is 1.88 bits per heavy atom. The molecule has 2 N–H and O–H groups in total. The van der Waals surface area contributed by atoms with E-state index in [4.69, 9.17) is 15.7 Å². The lowest BCUT2D eigenvalue weighted by molar-refractivity contribution is 0.480. The molecule has 0 spiro atoms. The summed E-state index contributed by atoms with van der Waals surface area (Å²) in [6.45, 7) is 0. The highest BCUT2D eigenvalue weighted by Gasteiger charge is 1.98. The molecule has 2 rings (SSSR count). The van der Waals surface area contributed by atoms with E-state index in [9.17, 15) is 0 Å². The Bertz CT molecular complexity index is 529. The SMILES string of the molecule is N#Cc1ccc(Oc2cncc(N)c2)cc1. The average molecular weight is 211 g/mol. The Morgan fingerprint density at radius 3 is 2.50 bits per heavy atom. The first-order chi connectivity index (χ1) is 7.78. The number of rotatable bonds is 2. The molecule has 16 heavy (non-hydrogen) atoms. The maximum absolute atomic E-state index is 8.64. The van der Waals surface area contributed by atoms with E-state index in [-0.39, 0.29) is 0 Å². The Balaban J connectivity index is 2.18. The minimum atomic E-state index is 0.547.